The van der Waals surface area contributed by atoms with Crippen molar-refractivity contribution in [2.75, 3.05) is 31.1 Å². The van der Waals surface area contributed by atoms with Crippen molar-refractivity contribution in [2.45, 2.75) is 12.8 Å². The number of anilines is 1. The Morgan fingerprint density at radius 1 is 0.917 bits per heavy atom. The molecule has 5 heteroatoms. The Bertz CT molecular complexity index is 695. The first-order chi connectivity index (χ1) is 11.6. The van der Waals surface area contributed by atoms with Gasteiger partial charge in [0.1, 0.15) is 0 Å². The lowest BCUT2D eigenvalue weighted by atomic mass is 10.1. The van der Waals surface area contributed by atoms with Gasteiger partial charge in [0.25, 0.3) is 0 Å². The third kappa shape index (κ3) is 4.43. The molecule has 0 aliphatic carbocycles. The highest BCUT2D eigenvalue weighted by Gasteiger charge is 2.21. The molecule has 1 saturated heterocycles. The summed E-state index contributed by atoms with van der Waals surface area (Å²) in [6.07, 6.45) is 1.26. The first kappa shape index (κ1) is 17.1. The van der Waals surface area contributed by atoms with Gasteiger partial charge in [-0.3, -0.25) is 4.79 Å². The number of halogens is 2. The number of benzene rings is 2. The molecule has 1 fully saturated rings. The zero-order valence-electron chi connectivity index (χ0n) is 13.4. The molecule has 1 heterocycles. The minimum atomic E-state index is 0.214. The van der Waals surface area contributed by atoms with Crippen LogP contribution in [0.15, 0.2) is 48.5 Å². The predicted octanol–water partition coefficient (Wildman–Crippen LogP) is 4.27. The van der Waals surface area contributed by atoms with Crippen molar-refractivity contribution in [1.29, 1.82) is 0 Å². The summed E-state index contributed by atoms with van der Waals surface area (Å²) < 4.78 is 0. The molecule has 0 atom stereocenters. The fourth-order valence-corrected chi connectivity index (χ4v) is 3.31. The van der Waals surface area contributed by atoms with E-state index in [9.17, 15) is 4.79 Å². The van der Waals surface area contributed by atoms with Gasteiger partial charge in [0.2, 0.25) is 5.91 Å². The highest BCUT2D eigenvalue weighted by Crippen LogP contribution is 2.20. The summed E-state index contributed by atoms with van der Waals surface area (Å²) >= 11 is 11.9. The maximum Gasteiger partial charge on any atom is 0.223 e. The second kappa shape index (κ2) is 7.91. The number of carbonyl (C=O) groups is 1. The summed E-state index contributed by atoms with van der Waals surface area (Å²) in [5.41, 5.74) is 2.26. The largest absolute Gasteiger partial charge is 0.368 e. The standard InChI is InChI=1S/C19H20Cl2N2O/c20-16-5-7-18(8-6-16)22-10-12-23(13-11-22)19(24)9-4-15-2-1-3-17(21)14-15/h1-3,5-8,14H,4,9-13H2. The van der Waals surface area contributed by atoms with Crippen LogP contribution in [0.1, 0.15) is 12.0 Å². The number of rotatable bonds is 4. The Morgan fingerprint density at radius 3 is 2.29 bits per heavy atom. The molecule has 1 aliphatic heterocycles. The normalized spacial score (nSPS) is 14.8. The summed E-state index contributed by atoms with van der Waals surface area (Å²) in [4.78, 5) is 16.6. The zero-order valence-corrected chi connectivity index (χ0v) is 14.9. The molecule has 1 amide bonds. The Balaban J connectivity index is 1.49. The van der Waals surface area contributed by atoms with Gasteiger partial charge in [-0.05, 0) is 48.4 Å². The van der Waals surface area contributed by atoms with Crippen LogP contribution in [0, 0.1) is 0 Å². The van der Waals surface area contributed by atoms with Gasteiger partial charge in [-0.25, -0.2) is 0 Å². The number of piperazine rings is 1. The lowest BCUT2D eigenvalue weighted by Gasteiger charge is -2.36. The summed E-state index contributed by atoms with van der Waals surface area (Å²) in [7, 11) is 0. The summed E-state index contributed by atoms with van der Waals surface area (Å²) in [5.74, 6) is 0.214. The third-order valence-corrected chi connectivity index (χ3v) is 4.83. The Kier molecular flexibility index (Phi) is 5.64. The minimum Gasteiger partial charge on any atom is -0.368 e. The molecule has 0 unspecified atom stereocenters. The quantitative estimate of drug-likeness (QED) is 0.810. The van der Waals surface area contributed by atoms with E-state index < -0.39 is 0 Å². The molecule has 3 rings (SSSR count). The molecule has 0 bridgehead atoms. The van der Waals surface area contributed by atoms with E-state index >= 15 is 0 Å². The molecule has 0 N–H and O–H groups in total. The fraction of sp³-hybridized carbons (Fsp3) is 0.316. The van der Waals surface area contributed by atoms with Crippen molar-refractivity contribution in [3.05, 3.63) is 64.1 Å². The monoisotopic (exact) mass is 362 g/mol. The van der Waals surface area contributed by atoms with Gasteiger partial charge in [-0.15, -0.1) is 0 Å². The van der Waals surface area contributed by atoms with Crippen LogP contribution in [-0.4, -0.2) is 37.0 Å². The Labute approximate surface area is 152 Å². The van der Waals surface area contributed by atoms with Crippen LogP contribution in [0.25, 0.3) is 0 Å². The molecule has 24 heavy (non-hydrogen) atoms. The van der Waals surface area contributed by atoms with Gasteiger partial charge in [-0.1, -0.05) is 35.3 Å². The highest BCUT2D eigenvalue weighted by molar-refractivity contribution is 6.30. The van der Waals surface area contributed by atoms with Gasteiger partial charge in [-0.2, -0.15) is 0 Å². The van der Waals surface area contributed by atoms with Crippen molar-refractivity contribution < 1.29 is 4.79 Å². The van der Waals surface area contributed by atoms with E-state index in [1.807, 2.05) is 53.4 Å². The number of aryl methyl sites for hydroxylation is 1. The third-order valence-electron chi connectivity index (χ3n) is 4.34. The number of hydrogen-bond acceptors (Lipinski definition) is 2. The van der Waals surface area contributed by atoms with E-state index in [0.717, 1.165) is 53.9 Å². The molecular formula is C19H20Cl2N2O. The van der Waals surface area contributed by atoms with Gasteiger partial charge < -0.3 is 9.80 Å². The van der Waals surface area contributed by atoms with Crippen LogP contribution < -0.4 is 4.90 Å². The second-order valence-electron chi connectivity index (χ2n) is 5.97. The molecule has 3 nitrogen and oxygen atoms in total. The Morgan fingerprint density at radius 2 is 1.62 bits per heavy atom. The molecular weight excluding hydrogens is 343 g/mol. The van der Waals surface area contributed by atoms with E-state index in [1.165, 1.54) is 0 Å². The van der Waals surface area contributed by atoms with Crippen LogP contribution in [0.5, 0.6) is 0 Å². The van der Waals surface area contributed by atoms with Crippen LogP contribution in [0.4, 0.5) is 5.69 Å². The van der Waals surface area contributed by atoms with E-state index in [1.54, 1.807) is 0 Å². The molecule has 0 aromatic heterocycles. The van der Waals surface area contributed by atoms with Crippen molar-refractivity contribution in [1.82, 2.24) is 4.90 Å². The lowest BCUT2D eigenvalue weighted by Crippen LogP contribution is -2.48. The first-order valence-corrected chi connectivity index (χ1v) is 8.90. The second-order valence-corrected chi connectivity index (χ2v) is 6.85. The summed E-state index contributed by atoms with van der Waals surface area (Å²) in [5, 5.41) is 1.46. The maximum absolute atomic E-state index is 12.4. The maximum atomic E-state index is 12.4. The molecule has 2 aromatic carbocycles. The number of carbonyl (C=O) groups excluding carboxylic acids is 1. The zero-order chi connectivity index (χ0) is 16.9. The Hall–Kier alpha value is -1.71. The van der Waals surface area contributed by atoms with E-state index in [4.69, 9.17) is 23.2 Å². The van der Waals surface area contributed by atoms with Gasteiger partial charge in [0.15, 0.2) is 0 Å². The average Bonchev–Trinajstić information content (AvgIpc) is 2.61. The van der Waals surface area contributed by atoms with E-state index in [-0.39, 0.29) is 5.91 Å². The average molecular weight is 363 g/mol. The molecule has 0 saturated carbocycles. The van der Waals surface area contributed by atoms with Crippen LogP contribution in [0.3, 0.4) is 0 Å². The number of amides is 1. The van der Waals surface area contributed by atoms with Crippen LogP contribution in [-0.2, 0) is 11.2 Å². The summed E-state index contributed by atoms with van der Waals surface area (Å²) in [6, 6.07) is 15.6. The predicted molar refractivity (Wildman–Crippen MR) is 100 cm³/mol. The van der Waals surface area contributed by atoms with Gasteiger partial charge in [0, 0.05) is 48.3 Å². The van der Waals surface area contributed by atoms with Crippen molar-refractivity contribution >= 4 is 34.8 Å². The molecule has 1 aliphatic rings. The number of nitrogens with zero attached hydrogens (tertiary/aromatic N) is 2. The van der Waals surface area contributed by atoms with E-state index in [0.29, 0.717) is 6.42 Å². The van der Waals surface area contributed by atoms with Crippen LogP contribution >= 0.6 is 23.2 Å². The smallest absolute Gasteiger partial charge is 0.223 e. The van der Waals surface area contributed by atoms with Crippen molar-refractivity contribution in [2.24, 2.45) is 0 Å². The van der Waals surface area contributed by atoms with Crippen molar-refractivity contribution in [3.8, 4) is 0 Å². The summed E-state index contributed by atoms with van der Waals surface area (Å²) in [6.45, 7) is 3.23. The van der Waals surface area contributed by atoms with Gasteiger partial charge >= 0.3 is 0 Å². The minimum absolute atomic E-state index is 0.214. The van der Waals surface area contributed by atoms with Crippen molar-refractivity contribution in [3.63, 3.8) is 0 Å². The van der Waals surface area contributed by atoms with Crippen LogP contribution in [0.2, 0.25) is 10.0 Å². The molecule has 126 valence electrons. The SMILES string of the molecule is O=C(CCc1cccc(Cl)c1)N1CCN(c2ccc(Cl)cc2)CC1. The topological polar surface area (TPSA) is 23.6 Å². The molecule has 2 aromatic rings. The number of hydrogen-bond donors (Lipinski definition) is 0. The molecule has 0 radical (unpaired) electrons. The molecule has 0 spiro atoms. The first-order valence-electron chi connectivity index (χ1n) is 8.14. The highest BCUT2D eigenvalue weighted by atomic mass is 35.5. The van der Waals surface area contributed by atoms with E-state index in [2.05, 4.69) is 4.90 Å². The lowest BCUT2D eigenvalue weighted by molar-refractivity contribution is -0.131. The van der Waals surface area contributed by atoms with Gasteiger partial charge in [0.05, 0.1) is 0 Å². The fourth-order valence-electron chi connectivity index (χ4n) is 2.97.